The summed E-state index contributed by atoms with van der Waals surface area (Å²) in [5.41, 5.74) is 0. The molecule has 0 spiro atoms. The van der Waals surface area contributed by atoms with Gasteiger partial charge in [-0.2, -0.15) is 0 Å². The maximum atomic E-state index is 0. The van der Waals surface area contributed by atoms with E-state index in [1.807, 2.05) is 0 Å². The molecule has 0 aromatic carbocycles. The van der Waals surface area contributed by atoms with Crippen LogP contribution < -0.4 is 91.5 Å². The first-order chi connectivity index (χ1) is 0. The van der Waals surface area contributed by atoms with E-state index in [0.29, 0.717) is 0 Å². The van der Waals surface area contributed by atoms with E-state index in [1.54, 1.807) is 0 Å². The number of hydrogen-bond acceptors (Lipinski definition) is 0. The van der Waals surface area contributed by atoms with E-state index in [0.717, 1.165) is 0 Å². The van der Waals surface area contributed by atoms with Crippen molar-refractivity contribution in [3.8, 4) is 0 Å². The zero-order valence-corrected chi connectivity index (χ0v) is 9.05. The molecule has 0 saturated carbocycles. The second-order valence-electron chi connectivity index (χ2n) is 0. The molecule has 0 heterocycles. The van der Waals surface area contributed by atoms with Crippen molar-refractivity contribution < 1.29 is 85.3 Å². The fraction of sp³-hybridized carbons (Fsp3) is 0. The Kier molecular flexibility index (Phi) is 137. The number of hydrogen-bond donors (Lipinski definition) is 1. The monoisotopic (exact) mass is 215 g/mol. The molecule has 0 rings (SSSR count). The van der Waals surface area contributed by atoms with Crippen molar-refractivity contribution in [1.82, 2.24) is 6.15 Å². The van der Waals surface area contributed by atoms with Crippen molar-refractivity contribution >= 4 is 0 Å². The van der Waals surface area contributed by atoms with E-state index in [2.05, 4.69) is 0 Å². The molecular weight excluding hydrogens is 213 g/mol. The number of halogens is 2. The Morgan fingerprint density at radius 3 is 0.750 bits per heavy atom. The molecule has 4 heavy (non-hydrogen) atoms. The van der Waals surface area contributed by atoms with E-state index in [9.17, 15) is 0 Å². The average Bonchev–Trinajstić information content (AvgIpc) is 0. The van der Waals surface area contributed by atoms with Gasteiger partial charge in [-0.1, -0.05) is 0 Å². The van der Waals surface area contributed by atoms with Crippen LogP contribution in [-0.4, -0.2) is 0 Å². The second kappa shape index (κ2) is 17.7. The Balaban J connectivity index is 0. The van der Waals surface area contributed by atoms with Crippen molar-refractivity contribution in [2.75, 3.05) is 0 Å². The van der Waals surface area contributed by atoms with Crippen LogP contribution in [0.25, 0.3) is 0 Å². The van der Waals surface area contributed by atoms with Crippen LogP contribution >= 0.6 is 0 Å². The van der Waals surface area contributed by atoms with Gasteiger partial charge < -0.3 is 40.1 Å². The van der Waals surface area contributed by atoms with Crippen molar-refractivity contribution in [3.63, 3.8) is 0 Å². The summed E-state index contributed by atoms with van der Waals surface area (Å²) in [6.07, 6.45) is 0. The Hall–Kier alpha value is 2.56. The molecule has 0 saturated heterocycles. The standard InChI is InChI=1S/2BrH.K.H3N/h2*1H;;1H3/q;;+1;/p-1. The van der Waals surface area contributed by atoms with Crippen LogP contribution in [0.4, 0.5) is 0 Å². The van der Waals surface area contributed by atoms with Crippen LogP contribution in [-0.2, 0) is 0 Å². The van der Waals surface area contributed by atoms with Gasteiger partial charge in [0, 0.05) is 0 Å². The molecule has 0 aliphatic rings. The molecule has 0 radical (unpaired) electrons. The minimum absolute atomic E-state index is 0. The summed E-state index contributed by atoms with van der Waals surface area (Å²) in [6, 6.07) is 0. The molecule has 0 bridgehead atoms. The van der Waals surface area contributed by atoms with Crippen molar-refractivity contribution in [2.45, 2.75) is 0 Å². The van der Waals surface area contributed by atoms with E-state index in [4.69, 9.17) is 0 Å². The molecule has 0 atom stereocenters. The minimum atomic E-state index is 0. The first-order valence-corrected chi connectivity index (χ1v) is 0. The molecule has 0 aliphatic heterocycles. The van der Waals surface area contributed by atoms with Gasteiger partial charge in [-0.3, -0.25) is 0 Å². The Morgan fingerprint density at radius 1 is 0.750 bits per heavy atom. The van der Waals surface area contributed by atoms with E-state index >= 15 is 0 Å². The third-order valence-electron chi connectivity index (χ3n) is 0. The van der Waals surface area contributed by atoms with E-state index in [-0.39, 0.29) is 91.5 Å². The van der Waals surface area contributed by atoms with Crippen molar-refractivity contribution in [2.24, 2.45) is 0 Å². The Bertz CT molecular complexity index is 6.00. The Morgan fingerprint density at radius 2 is 0.750 bits per heavy atom. The van der Waals surface area contributed by atoms with Crippen LogP contribution in [0.2, 0.25) is 0 Å². The molecule has 0 aromatic rings. The summed E-state index contributed by atoms with van der Waals surface area (Å²) in [5, 5.41) is 0. The maximum absolute atomic E-state index is 0. The molecule has 0 unspecified atom stereocenters. The molecule has 4 N–H and O–H groups in total. The fourth-order valence-electron chi connectivity index (χ4n) is 0. The number of quaternary nitrogens is 1. The normalized spacial score (nSPS) is 0. The predicted octanol–water partition coefficient (Wildman–Crippen LogP) is -8.61. The summed E-state index contributed by atoms with van der Waals surface area (Å²) >= 11 is 0. The van der Waals surface area contributed by atoms with Gasteiger partial charge in [-0.25, -0.2) is 0 Å². The molecule has 4 heteroatoms. The van der Waals surface area contributed by atoms with Crippen LogP contribution in [0.1, 0.15) is 0 Å². The maximum Gasteiger partial charge on any atom is 1.00 e. The average molecular weight is 217 g/mol. The summed E-state index contributed by atoms with van der Waals surface area (Å²) < 4.78 is 0. The molecule has 0 aromatic heterocycles. The third-order valence-corrected chi connectivity index (χ3v) is 0. The van der Waals surface area contributed by atoms with Gasteiger partial charge in [0.2, 0.25) is 0 Å². The van der Waals surface area contributed by atoms with Crippen LogP contribution in [0.3, 0.4) is 0 Å². The molecule has 0 fully saturated rings. The van der Waals surface area contributed by atoms with Gasteiger partial charge in [0.1, 0.15) is 0 Å². The van der Waals surface area contributed by atoms with Gasteiger partial charge >= 0.3 is 51.4 Å². The topological polar surface area (TPSA) is 36.5 Å². The molecule has 1 nitrogen and oxygen atoms in total. The Labute approximate surface area is 89.5 Å². The fourth-order valence-corrected chi connectivity index (χ4v) is 0. The van der Waals surface area contributed by atoms with E-state index in [1.165, 1.54) is 0 Å². The third kappa shape index (κ3) is 8.82. The smallest absolute Gasteiger partial charge is 1.00 e. The van der Waals surface area contributed by atoms with Gasteiger partial charge in [0.05, 0.1) is 0 Å². The second-order valence-corrected chi connectivity index (χ2v) is 0. The SMILES string of the molecule is [Br-].[Br-].[K+].[NH4+]. The molecule has 0 amide bonds. The van der Waals surface area contributed by atoms with Gasteiger partial charge in [-0.15, -0.1) is 0 Å². The summed E-state index contributed by atoms with van der Waals surface area (Å²) in [7, 11) is 0. The number of rotatable bonds is 0. The quantitative estimate of drug-likeness (QED) is 0.391. The van der Waals surface area contributed by atoms with Crippen LogP contribution in [0.5, 0.6) is 0 Å². The molecule has 24 valence electrons. The molecule has 0 aliphatic carbocycles. The summed E-state index contributed by atoms with van der Waals surface area (Å²) in [4.78, 5) is 0. The van der Waals surface area contributed by atoms with Crippen molar-refractivity contribution in [1.29, 1.82) is 0 Å². The van der Waals surface area contributed by atoms with Gasteiger partial charge in [0.25, 0.3) is 0 Å². The van der Waals surface area contributed by atoms with Crippen LogP contribution in [0.15, 0.2) is 0 Å². The summed E-state index contributed by atoms with van der Waals surface area (Å²) in [6.45, 7) is 0. The van der Waals surface area contributed by atoms with Gasteiger partial charge in [0.15, 0.2) is 0 Å². The molecular formula is H4Br2KN. The zero-order chi connectivity index (χ0) is 0. The first kappa shape index (κ1) is 31.0. The largest absolute Gasteiger partial charge is 1.00 e. The first-order valence-electron chi connectivity index (χ1n) is 0. The zero-order valence-electron chi connectivity index (χ0n) is 2.76. The predicted molar refractivity (Wildman–Crippen MR) is 5.98 cm³/mol. The van der Waals surface area contributed by atoms with E-state index < -0.39 is 0 Å². The van der Waals surface area contributed by atoms with Crippen molar-refractivity contribution in [3.05, 3.63) is 0 Å². The van der Waals surface area contributed by atoms with Crippen LogP contribution in [0, 0.1) is 0 Å². The minimum Gasteiger partial charge on any atom is -1.00 e. The van der Waals surface area contributed by atoms with Gasteiger partial charge in [-0.05, 0) is 0 Å². The summed E-state index contributed by atoms with van der Waals surface area (Å²) in [5.74, 6) is 0.